The largest absolute Gasteiger partial charge is 0.246 e. The number of nitrogens with zero attached hydrogens (tertiary/aromatic N) is 1. The van der Waals surface area contributed by atoms with Gasteiger partial charge < -0.3 is 0 Å². The molecule has 2 heteroatoms. The Bertz CT molecular complexity index is 238. The minimum Gasteiger partial charge on any atom is -0.246 e. The summed E-state index contributed by atoms with van der Waals surface area (Å²) in [5, 5.41) is 1.28. The van der Waals surface area contributed by atoms with Gasteiger partial charge in [0.05, 0.1) is 10.7 Å². The third-order valence-corrected chi connectivity index (χ3v) is 3.05. The molecule has 0 atom stereocenters. The lowest BCUT2D eigenvalue weighted by Crippen LogP contribution is -1.87. The maximum Gasteiger partial charge on any atom is 0.0956 e. The van der Waals surface area contributed by atoms with Crippen molar-refractivity contribution in [2.45, 2.75) is 53.9 Å². The van der Waals surface area contributed by atoms with Crippen LogP contribution in [0.4, 0.5) is 0 Å². The molecule has 0 unspecified atom stereocenters. The van der Waals surface area contributed by atoms with E-state index in [0.29, 0.717) is 5.92 Å². The van der Waals surface area contributed by atoms with E-state index >= 15 is 0 Å². The molecule has 0 aliphatic heterocycles. The van der Waals surface area contributed by atoms with Gasteiger partial charge in [0.2, 0.25) is 0 Å². The van der Waals surface area contributed by atoms with Crippen molar-refractivity contribution < 1.29 is 0 Å². The summed E-state index contributed by atoms with van der Waals surface area (Å²) in [5.74, 6) is 0.582. The Hall–Kier alpha value is -0.370. The van der Waals surface area contributed by atoms with Gasteiger partial charge in [-0.1, -0.05) is 34.6 Å². The second kappa shape index (κ2) is 6.14. The average molecular weight is 199 g/mol. The SMILES string of the molecule is CC.CCc1nc(C(C)C)sc1C. The lowest BCUT2D eigenvalue weighted by molar-refractivity contribution is 0.839. The fourth-order valence-electron chi connectivity index (χ4n) is 1.03. The summed E-state index contributed by atoms with van der Waals surface area (Å²) in [6.45, 7) is 12.7. The number of rotatable bonds is 2. The van der Waals surface area contributed by atoms with Gasteiger partial charge in [0, 0.05) is 10.8 Å². The predicted octanol–water partition coefficient (Wildman–Crippen LogP) is 4.16. The standard InChI is InChI=1S/C9H15NS.C2H6/c1-5-8-7(4)11-9(10-8)6(2)3;1-2/h6H,5H2,1-4H3;1-2H3. The van der Waals surface area contributed by atoms with Gasteiger partial charge in [-0.15, -0.1) is 11.3 Å². The molecule has 1 rings (SSSR count). The van der Waals surface area contributed by atoms with Gasteiger partial charge >= 0.3 is 0 Å². The van der Waals surface area contributed by atoms with Crippen LogP contribution in [0.5, 0.6) is 0 Å². The quantitative estimate of drug-likeness (QED) is 0.697. The summed E-state index contributed by atoms with van der Waals surface area (Å²) < 4.78 is 0. The third-order valence-electron chi connectivity index (χ3n) is 1.74. The minimum absolute atomic E-state index is 0.582. The van der Waals surface area contributed by atoms with Crippen molar-refractivity contribution in [1.82, 2.24) is 4.98 Å². The Morgan fingerprint density at radius 2 is 1.85 bits per heavy atom. The van der Waals surface area contributed by atoms with Crippen LogP contribution in [0.15, 0.2) is 0 Å². The summed E-state index contributed by atoms with van der Waals surface area (Å²) >= 11 is 1.84. The molecule has 0 spiro atoms. The summed E-state index contributed by atoms with van der Waals surface area (Å²) in [5.41, 5.74) is 1.28. The second-order valence-corrected chi connectivity index (χ2v) is 4.30. The van der Waals surface area contributed by atoms with Crippen LogP contribution in [0.1, 0.15) is 56.1 Å². The molecule has 0 aliphatic rings. The molecule has 76 valence electrons. The first-order chi connectivity index (χ1) is 6.15. The molecule has 13 heavy (non-hydrogen) atoms. The maximum atomic E-state index is 4.55. The van der Waals surface area contributed by atoms with Crippen LogP contribution in [0.25, 0.3) is 0 Å². The number of hydrogen-bond acceptors (Lipinski definition) is 2. The Morgan fingerprint density at radius 3 is 2.08 bits per heavy atom. The van der Waals surface area contributed by atoms with E-state index in [1.54, 1.807) is 0 Å². The highest BCUT2D eigenvalue weighted by atomic mass is 32.1. The van der Waals surface area contributed by atoms with E-state index < -0.39 is 0 Å². The fourth-order valence-corrected chi connectivity index (χ4v) is 2.04. The molecule has 0 bridgehead atoms. The zero-order valence-electron chi connectivity index (χ0n) is 9.64. The highest BCUT2D eigenvalue weighted by molar-refractivity contribution is 7.11. The second-order valence-electron chi connectivity index (χ2n) is 3.06. The van der Waals surface area contributed by atoms with Crippen LogP contribution < -0.4 is 0 Å². The lowest BCUT2D eigenvalue weighted by Gasteiger charge is -1.95. The molecule has 1 nitrogen and oxygen atoms in total. The molecule has 1 aromatic heterocycles. The van der Waals surface area contributed by atoms with E-state index in [0.717, 1.165) is 6.42 Å². The van der Waals surface area contributed by atoms with E-state index in [4.69, 9.17) is 0 Å². The van der Waals surface area contributed by atoms with Crippen LogP contribution in [-0.2, 0) is 6.42 Å². The van der Waals surface area contributed by atoms with Crippen LogP contribution >= 0.6 is 11.3 Å². The highest BCUT2D eigenvalue weighted by Crippen LogP contribution is 2.23. The highest BCUT2D eigenvalue weighted by Gasteiger charge is 2.07. The number of aromatic nitrogens is 1. The van der Waals surface area contributed by atoms with E-state index in [1.807, 2.05) is 25.2 Å². The topological polar surface area (TPSA) is 12.9 Å². The van der Waals surface area contributed by atoms with Crippen molar-refractivity contribution in [3.8, 4) is 0 Å². The van der Waals surface area contributed by atoms with Crippen LogP contribution in [0.2, 0.25) is 0 Å². The normalized spacial score (nSPS) is 9.77. The predicted molar refractivity (Wildman–Crippen MR) is 61.7 cm³/mol. The van der Waals surface area contributed by atoms with Gasteiger partial charge in [-0.25, -0.2) is 4.98 Å². The van der Waals surface area contributed by atoms with Crippen LogP contribution in [0.3, 0.4) is 0 Å². The molecule has 0 saturated heterocycles. The number of hydrogen-bond donors (Lipinski definition) is 0. The number of thiazole rings is 1. The molecule has 0 N–H and O–H groups in total. The fraction of sp³-hybridized carbons (Fsp3) is 0.727. The summed E-state index contributed by atoms with van der Waals surface area (Å²) in [6, 6.07) is 0. The smallest absolute Gasteiger partial charge is 0.0956 e. The summed E-state index contributed by atoms with van der Waals surface area (Å²) in [4.78, 5) is 5.93. The van der Waals surface area contributed by atoms with E-state index in [9.17, 15) is 0 Å². The Kier molecular flexibility index (Phi) is 5.97. The molecular formula is C11H21NS. The Balaban J connectivity index is 0.000000671. The van der Waals surface area contributed by atoms with Crippen LogP contribution in [0, 0.1) is 6.92 Å². The van der Waals surface area contributed by atoms with E-state index in [-0.39, 0.29) is 0 Å². The first kappa shape index (κ1) is 12.6. The lowest BCUT2D eigenvalue weighted by atomic mass is 10.2. The minimum atomic E-state index is 0.582. The molecule has 0 aliphatic carbocycles. The number of aryl methyl sites for hydroxylation is 2. The van der Waals surface area contributed by atoms with Crippen molar-refractivity contribution in [2.75, 3.05) is 0 Å². The van der Waals surface area contributed by atoms with Gasteiger partial charge in [0.1, 0.15) is 0 Å². The third kappa shape index (κ3) is 3.47. The first-order valence-electron chi connectivity index (χ1n) is 5.11. The van der Waals surface area contributed by atoms with Crippen molar-refractivity contribution in [3.63, 3.8) is 0 Å². The van der Waals surface area contributed by atoms with E-state index in [1.165, 1.54) is 15.6 Å². The van der Waals surface area contributed by atoms with Gasteiger partial charge in [-0.05, 0) is 13.3 Å². The molecular weight excluding hydrogens is 178 g/mol. The van der Waals surface area contributed by atoms with Gasteiger partial charge in [0.25, 0.3) is 0 Å². The van der Waals surface area contributed by atoms with Crippen molar-refractivity contribution in [2.24, 2.45) is 0 Å². The van der Waals surface area contributed by atoms with Gasteiger partial charge in [-0.2, -0.15) is 0 Å². The zero-order valence-corrected chi connectivity index (χ0v) is 10.5. The van der Waals surface area contributed by atoms with Crippen molar-refractivity contribution in [3.05, 3.63) is 15.6 Å². The molecule has 0 saturated carbocycles. The van der Waals surface area contributed by atoms with Gasteiger partial charge in [0.15, 0.2) is 0 Å². The molecule has 1 aromatic rings. The Labute approximate surface area is 86.2 Å². The summed E-state index contributed by atoms with van der Waals surface area (Å²) in [7, 11) is 0. The maximum absolute atomic E-state index is 4.55. The zero-order chi connectivity index (χ0) is 10.4. The van der Waals surface area contributed by atoms with Crippen LogP contribution in [-0.4, -0.2) is 4.98 Å². The molecule has 0 amide bonds. The Morgan fingerprint density at radius 1 is 1.31 bits per heavy atom. The molecule has 0 fully saturated rings. The van der Waals surface area contributed by atoms with Crippen molar-refractivity contribution >= 4 is 11.3 Å². The van der Waals surface area contributed by atoms with E-state index in [2.05, 4.69) is 32.7 Å². The molecule has 1 heterocycles. The van der Waals surface area contributed by atoms with Gasteiger partial charge in [-0.3, -0.25) is 0 Å². The summed E-state index contributed by atoms with van der Waals surface area (Å²) in [6.07, 6.45) is 1.06. The molecule has 0 aromatic carbocycles. The molecule has 0 radical (unpaired) electrons. The average Bonchev–Trinajstić information content (AvgIpc) is 2.50. The van der Waals surface area contributed by atoms with Crippen molar-refractivity contribution in [1.29, 1.82) is 0 Å². The monoisotopic (exact) mass is 199 g/mol. The first-order valence-corrected chi connectivity index (χ1v) is 5.93.